The van der Waals surface area contributed by atoms with Gasteiger partial charge in [-0.25, -0.2) is 0 Å². The van der Waals surface area contributed by atoms with Crippen molar-refractivity contribution in [2.75, 3.05) is 11.9 Å². The van der Waals surface area contributed by atoms with Gasteiger partial charge in [0.1, 0.15) is 5.52 Å². The molecule has 19 heavy (non-hydrogen) atoms. The summed E-state index contributed by atoms with van der Waals surface area (Å²) in [6.45, 7) is 9.97. The van der Waals surface area contributed by atoms with Crippen molar-refractivity contribution in [3.05, 3.63) is 29.0 Å². The van der Waals surface area contributed by atoms with E-state index in [1.165, 1.54) is 0 Å². The van der Waals surface area contributed by atoms with Crippen molar-refractivity contribution < 1.29 is 0 Å². The Morgan fingerprint density at radius 1 is 1.32 bits per heavy atom. The van der Waals surface area contributed by atoms with Gasteiger partial charge in [-0.2, -0.15) is 0 Å². The van der Waals surface area contributed by atoms with E-state index < -0.39 is 0 Å². The molecule has 102 valence electrons. The summed E-state index contributed by atoms with van der Waals surface area (Å²) in [5.74, 6) is 0.621. The van der Waals surface area contributed by atoms with E-state index in [4.69, 9.17) is 0 Å². The molecular formula is C15H20BrN3. The zero-order valence-electron chi connectivity index (χ0n) is 11.9. The molecule has 0 unspecified atom stereocenters. The van der Waals surface area contributed by atoms with Gasteiger partial charge >= 0.3 is 0 Å². The lowest BCUT2D eigenvalue weighted by Gasteiger charge is -2.30. The lowest BCUT2D eigenvalue weighted by Crippen LogP contribution is -2.28. The molecule has 0 spiro atoms. The summed E-state index contributed by atoms with van der Waals surface area (Å²) >= 11 is 3.42. The maximum absolute atomic E-state index is 4.45. The van der Waals surface area contributed by atoms with Crippen molar-refractivity contribution in [3.8, 4) is 0 Å². The van der Waals surface area contributed by atoms with Crippen LogP contribution in [0.5, 0.6) is 0 Å². The average Bonchev–Trinajstić information content (AvgIpc) is 2.35. The van der Waals surface area contributed by atoms with Gasteiger partial charge in [0.15, 0.2) is 0 Å². The topological polar surface area (TPSA) is 37.8 Å². The number of hydrogen-bond donors (Lipinski definition) is 1. The quantitative estimate of drug-likeness (QED) is 0.901. The van der Waals surface area contributed by atoms with E-state index >= 15 is 0 Å². The van der Waals surface area contributed by atoms with Crippen LogP contribution in [-0.4, -0.2) is 16.5 Å². The zero-order valence-corrected chi connectivity index (χ0v) is 13.5. The van der Waals surface area contributed by atoms with Crippen molar-refractivity contribution in [1.82, 2.24) is 9.97 Å². The molecule has 0 saturated heterocycles. The lowest BCUT2D eigenvalue weighted by molar-refractivity contribution is 0.270. The van der Waals surface area contributed by atoms with E-state index in [1.807, 2.05) is 24.5 Å². The Hall–Kier alpha value is -1.16. The van der Waals surface area contributed by atoms with Crippen molar-refractivity contribution in [2.24, 2.45) is 11.3 Å². The molecule has 0 atom stereocenters. The molecule has 2 aromatic rings. The van der Waals surface area contributed by atoms with E-state index in [0.29, 0.717) is 5.92 Å². The Kier molecular flexibility index (Phi) is 4.09. The van der Waals surface area contributed by atoms with Gasteiger partial charge in [0.05, 0.1) is 11.2 Å². The van der Waals surface area contributed by atoms with Crippen LogP contribution in [0.2, 0.25) is 0 Å². The first-order chi connectivity index (χ1) is 8.90. The summed E-state index contributed by atoms with van der Waals surface area (Å²) in [6.07, 6.45) is 3.63. The summed E-state index contributed by atoms with van der Waals surface area (Å²) in [5.41, 5.74) is 3.11. The summed E-state index contributed by atoms with van der Waals surface area (Å²) < 4.78 is 0.951. The highest BCUT2D eigenvalue weighted by molar-refractivity contribution is 9.10. The number of halogens is 1. The largest absolute Gasteiger partial charge is 0.383 e. The lowest BCUT2D eigenvalue weighted by atomic mass is 9.81. The van der Waals surface area contributed by atoms with E-state index in [0.717, 1.165) is 27.7 Å². The SMILES string of the molecule is CC(C)C(C)(C)CNc1ccnc2cc(Br)cnc12. The minimum absolute atomic E-state index is 0.241. The molecule has 0 aliphatic rings. The van der Waals surface area contributed by atoms with Gasteiger partial charge in [-0.3, -0.25) is 9.97 Å². The second kappa shape index (κ2) is 5.45. The average molecular weight is 322 g/mol. The Bertz CT molecular complexity index is 579. The summed E-state index contributed by atoms with van der Waals surface area (Å²) in [4.78, 5) is 8.80. The highest BCUT2D eigenvalue weighted by atomic mass is 79.9. The van der Waals surface area contributed by atoms with Crippen LogP contribution in [0, 0.1) is 11.3 Å². The molecule has 2 heterocycles. The summed E-state index contributed by atoms with van der Waals surface area (Å²) in [7, 11) is 0. The van der Waals surface area contributed by atoms with Gasteiger partial charge in [0.25, 0.3) is 0 Å². The molecule has 0 amide bonds. The maximum Gasteiger partial charge on any atom is 0.112 e. The van der Waals surface area contributed by atoms with Crippen LogP contribution in [-0.2, 0) is 0 Å². The number of pyridine rings is 2. The van der Waals surface area contributed by atoms with Crippen LogP contribution in [0.3, 0.4) is 0 Å². The monoisotopic (exact) mass is 321 g/mol. The van der Waals surface area contributed by atoms with Gasteiger partial charge in [-0.15, -0.1) is 0 Å². The minimum Gasteiger partial charge on any atom is -0.383 e. The first kappa shape index (κ1) is 14.3. The minimum atomic E-state index is 0.241. The predicted molar refractivity (Wildman–Crippen MR) is 84.3 cm³/mol. The van der Waals surface area contributed by atoms with E-state index in [9.17, 15) is 0 Å². The smallest absolute Gasteiger partial charge is 0.112 e. The second-order valence-corrected chi connectivity index (χ2v) is 6.79. The molecule has 3 nitrogen and oxygen atoms in total. The van der Waals surface area contributed by atoms with Crippen LogP contribution in [0.25, 0.3) is 11.0 Å². The fourth-order valence-electron chi connectivity index (χ4n) is 1.68. The van der Waals surface area contributed by atoms with Crippen LogP contribution in [0.4, 0.5) is 5.69 Å². The third-order valence-electron chi connectivity index (χ3n) is 3.84. The molecule has 0 bridgehead atoms. The van der Waals surface area contributed by atoms with Crippen molar-refractivity contribution in [1.29, 1.82) is 0 Å². The molecule has 0 aliphatic carbocycles. The third-order valence-corrected chi connectivity index (χ3v) is 4.28. The highest BCUT2D eigenvalue weighted by Crippen LogP contribution is 2.28. The fourth-order valence-corrected chi connectivity index (χ4v) is 1.99. The van der Waals surface area contributed by atoms with Crippen LogP contribution >= 0.6 is 15.9 Å². The second-order valence-electron chi connectivity index (χ2n) is 5.88. The molecule has 1 N–H and O–H groups in total. The Morgan fingerprint density at radius 2 is 2.05 bits per heavy atom. The number of aromatic nitrogens is 2. The highest BCUT2D eigenvalue weighted by Gasteiger charge is 2.22. The number of anilines is 1. The van der Waals surface area contributed by atoms with Gasteiger partial charge in [-0.1, -0.05) is 27.7 Å². The maximum atomic E-state index is 4.45. The van der Waals surface area contributed by atoms with Gasteiger partial charge in [0.2, 0.25) is 0 Å². The molecule has 0 aromatic carbocycles. The number of rotatable bonds is 4. The standard InChI is InChI=1S/C15H20BrN3/c1-10(2)15(3,4)9-19-12-5-6-17-13-7-11(16)8-18-14(12)13/h5-8,10H,9H2,1-4H3,(H,17,19). The van der Waals surface area contributed by atoms with Gasteiger partial charge < -0.3 is 5.32 Å². The Balaban J connectivity index is 2.26. The molecule has 2 rings (SSSR count). The molecular weight excluding hydrogens is 302 g/mol. The predicted octanol–water partition coefficient (Wildman–Crippen LogP) is 4.49. The molecule has 0 saturated carbocycles. The summed E-state index contributed by atoms with van der Waals surface area (Å²) in [6, 6.07) is 3.97. The zero-order chi connectivity index (χ0) is 14.0. The van der Waals surface area contributed by atoms with E-state index in [1.54, 1.807) is 0 Å². The Morgan fingerprint density at radius 3 is 2.74 bits per heavy atom. The van der Waals surface area contributed by atoms with E-state index in [2.05, 4.69) is 58.9 Å². The first-order valence-corrected chi connectivity index (χ1v) is 7.33. The van der Waals surface area contributed by atoms with Gasteiger partial charge in [0, 0.05) is 23.4 Å². The third kappa shape index (κ3) is 3.24. The number of nitrogens with one attached hydrogen (secondary N) is 1. The summed E-state index contributed by atoms with van der Waals surface area (Å²) in [5, 5.41) is 3.51. The molecule has 0 fully saturated rings. The van der Waals surface area contributed by atoms with Crippen molar-refractivity contribution in [2.45, 2.75) is 27.7 Å². The molecule has 0 aliphatic heterocycles. The van der Waals surface area contributed by atoms with Crippen LogP contribution in [0.1, 0.15) is 27.7 Å². The van der Waals surface area contributed by atoms with Crippen molar-refractivity contribution >= 4 is 32.7 Å². The molecule has 0 radical (unpaired) electrons. The number of nitrogens with zero attached hydrogens (tertiary/aromatic N) is 2. The number of fused-ring (bicyclic) bond motifs is 1. The van der Waals surface area contributed by atoms with Crippen LogP contribution in [0.15, 0.2) is 29.0 Å². The van der Waals surface area contributed by atoms with Crippen LogP contribution < -0.4 is 5.32 Å². The Labute approximate surface area is 123 Å². The van der Waals surface area contributed by atoms with Crippen molar-refractivity contribution in [3.63, 3.8) is 0 Å². The fraction of sp³-hybridized carbons (Fsp3) is 0.467. The van der Waals surface area contributed by atoms with Gasteiger partial charge in [-0.05, 0) is 39.4 Å². The van der Waals surface area contributed by atoms with E-state index in [-0.39, 0.29) is 5.41 Å². The normalized spacial score (nSPS) is 12.1. The molecule has 2 aromatic heterocycles. The number of hydrogen-bond acceptors (Lipinski definition) is 3. The molecule has 4 heteroatoms. The first-order valence-electron chi connectivity index (χ1n) is 6.54.